The molecule has 0 aliphatic rings. The first-order chi connectivity index (χ1) is 15.6. The molecule has 2 aromatic carbocycles. The van der Waals surface area contributed by atoms with E-state index in [9.17, 15) is 18.0 Å². The molecule has 1 aromatic heterocycles. The lowest BCUT2D eigenvalue weighted by molar-refractivity contribution is -0.114. The number of ketones is 1. The van der Waals surface area contributed by atoms with Crippen molar-refractivity contribution >= 4 is 44.7 Å². The number of carbonyl (C=O) groups excluding carboxylic acids is 2. The number of hydrogen-bond acceptors (Lipinski definition) is 5. The topological polar surface area (TPSA) is 96.4 Å². The maximum Gasteiger partial charge on any atom is 0.264 e. The summed E-state index contributed by atoms with van der Waals surface area (Å²) < 4.78 is 28.3. The average Bonchev–Trinajstić information content (AvgIpc) is 2.77. The van der Waals surface area contributed by atoms with Crippen LogP contribution in [0.4, 0.5) is 11.4 Å². The molecular formula is C24H24ClN3O4S. The lowest BCUT2D eigenvalue weighted by atomic mass is 10.1. The third-order valence-corrected chi connectivity index (χ3v) is 6.63. The molecule has 0 aliphatic carbocycles. The van der Waals surface area contributed by atoms with E-state index in [1.807, 2.05) is 13.8 Å². The molecule has 0 spiro atoms. The van der Waals surface area contributed by atoms with E-state index >= 15 is 0 Å². The molecule has 0 bridgehead atoms. The Morgan fingerprint density at radius 2 is 1.76 bits per heavy atom. The van der Waals surface area contributed by atoms with Gasteiger partial charge in [-0.1, -0.05) is 55.8 Å². The zero-order valence-corrected chi connectivity index (χ0v) is 20.0. The molecule has 0 saturated carbocycles. The van der Waals surface area contributed by atoms with Crippen molar-refractivity contribution in [2.75, 3.05) is 16.2 Å². The van der Waals surface area contributed by atoms with Gasteiger partial charge in [-0.2, -0.15) is 0 Å². The Morgan fingerprint density at radius 3 is 2.39 bits per heavy atom. The monoisotopic (exact) mass is 485 g/mol. The standard InChI is InChI=1S/C24H24ClN3O4S/c1-16(2)15-28(33(31,32)21-10-5-4-6-11-21)22-13-19(25)14-26-23(22)24(30)18-8-7-9-20(12-18)27-17(3)29/h4-14,16H,15H2,1-3H3,(H,27,29). The fourth-order valence-electron chi connectivity index (χ4n) is 3.25. The van der Waals surface area contributed by atoms with Crippen LogP contribution in [-0.4, -0.2) is 31.6 Å². The van der Waals surface area contributed by atoms with Crippen LogP contribution >= 0.6 is 11.6 Å². The van der Waals surface area contributed by atoms with Crippen LogP contribution in [0.1, 0.15) is 36.8 Å². The van der Waals surface area contributed by atoms with E-state index < -0.39 is 15.8 Å². The smallest absolute Gasteiger partial charge is 0.264 e. The number of amides is 1. The van der Waals surface area contributed by atoms with Gasteiger partial charge in [-0.25, -0.2) is 13.4 Å². The highest BCUT2D eigenvalue weighted by Crippen LogP contribution is 2.31. The Balaban J connectivity index is 2.15. The number of benzene rings is 2. The molecule has 3 rings (SSSR count). The minimum absolute atomic E-state index is 0.0477. The Hall–Kier alpha value is -3.23. The number of pyridine rings is 1. The van der Waals surface area contributed by atoms with Crippen LogP contribution in [0.15, 0.2) is 71.8 Å². The van der Waals surface area contributed by atoms with Gasteiger partial charge in [0, 0.05) is 30.9 Å². The largest absolute Gasteiger partial charge is 0.326 e. The molecule has 0 aliphatic heterocycles. The zero-order valence-electron chi connectivity index (χ0n) is 18.4. The van der Waals surface area contributed by atoms with Gasteiger partial charge in [0.1, 0.15) is 5.69 Å². The summed E-state index contributed by atoms with van der Waals surface area (Å²) in [5.41, 5.74) is 0.730. The van der Waals surface area contributed by atoms with Crippen molar-refractivity contribution in [3.63, 3.8) is 0 Å². The molecule has 33 heavy (non-hydrogen) atoms. The van der Waals surface area contributed by atoms with Crippen molar-refractivity contribution in [3.8, 4) is 0 Å². The minimum Gasteiger partial charge on any atom is -0.326 e. The SMILES string of the molecule is CC(=O)Nc1cccc(C(=O)c2ncc(Cl)cc2N(CC(C)C)S(=O)(=O)c2ccccc2)c1. The molecule has 0 atom stereocenters. The molecule has 1 N–H and O–H groups in total. The maximum absolute atomic E-state index is 13.6. The molecule has 3 aromatic rings. The number of rotatable bonds is 8. The first-order valence-electron chi connectivity index (χ1n) is 10.2. The summed E-state index contributed by atoms with van der Waals surface area (Å²) in [4.78, 5) is 29.1. The Kier molecular flexibility index (Phi) is 7.50. The summed E-state index contributed by atoms with van der Waals surface area (Å²) in [6.07, 6.45) is 1.30. The summed E-state index contributed by atoms with van der Waals surface area (Å²) in [6.45, 7) is 5.24. The van der Waals surface area contributed by atoms with Gasteiger partial charge in [0.25, 0.3) is 10.0 Å². The maximum atomic E-state index is 13.6. The van der Waals surface area contributed by atoms with E-state index in [1.165, 1.54) is 41.7 Å². The first-order valence-corrected chi connectivity index (χ1v) is 12.1. The summed E-state index contributed by atoms with van der Waals surface area (Å²) >= 11 is 6.18. The van der Waals surface area contributed by atoms with Gasteiger partial charge >= 0.3 is 0 Å². The summed E-state index contributed by atoms with van der Waals surface area (Å²) in [5, 5.41) is 2.83. The van der Waals surface area contributed by atoms with Crippen molar-refractivity contribution in [2.24, 2.45) is 5.92 Å². The van der Waals surface area contributed by atoms with Gasteiger partial charge in [0.15, 0.2) is 0 Å². The number of halogens is 1. The van der Waals surface area contributed by atoms with Crippen molar-refractivity contribution in [3.05, 3.63) is 83.1 Å². The lowest BCUT2D eigenvalue weighted by Crippen LogP contribution is -2.35. The highest BCUT2D eigenvalue weighted by Gasteiger charge is 2.30. The molecular weight excluding hydrogens is 462 g/mol. The van der Waals surface area contributed by atoms with Gasteiger partial charge in [0.05, 0.1) is 15.6 Å². The normalized spacial score (nSPS) is 11.3. The van der Waals surface area contributed by atoms with Gasteiger partial charge in [-0.15, -0.1) is 0 Å². The number of sulfonamides is 1. The fraction of sp³-hybridized carbons (Fsp3) is 0.208. The van der Waals surface area contributed by atoms with Gasteiger partial charge < -0.3 is 5.32 Å². The summed E-state index contributed by atoms with van der Waals surface area (Å²) in [6, 6.07) is 15.8. The average molecular weight is 486 g/mol. The summed E-state index contributed by atoms with van der Waals surface area (Å²) in [7, 11) is -4.00. The Bertz CT molecular complexity index is 1280. The van der Waals surface area contributed by atoms with Gasteiger partial charge in [-0.05, 0) is 36.2 Å². The molecule has 0 saturated heterocycles. The van der Waals surface area contributed by atoms with Crippen molar-refractivity contribution in [1.82, 2.24) is 4.98 Å². The molecule has 0 radical (unpaired) electrons. The molecule has 172 valence electrons. The number of hydrogen-bond donors (Lipinski definition) is 1. The first kappa shape index (κ1) is 24.4. The second kappa shape index (κ2) is 10.1. The van der Waals surface area contributed by atoms with Crippen LogP contribution in [-0.2, 0) is 14.8 Å². The molecule has 1 amide bonds. The second-order valence-corrected chi connectivity index (χ2v) is 10.2. The quantitative estimate of drug-likeness (QED) is 0.463. The summed E-state index contributed by atoms with van der Waals surface area (Å²) in [5.74, 6) is -0.818. The van der Waals surface area contributed by atoms with Crippen molar-refractivity contribution in [1.29, 1.82) is 0 Å². The van der Waals surface area contributed by atoms with E-state index in [1.54, 1.807) is 36.4 Å². The predicted molar refractivity (Wildman–Crippen MR) is 129 cm³/mol. The van der Waals surface area contributed by atoms with Gasteiger partial charge in [-0.3, -0.25) is 13.9 Å². The van der Waals surface area contributed by atoms with Crippen LogP contribution in [0, 0.1) is 5.92 Å². The third-order valence-electron chi connectivity index (χ3n) is 4.63. The fourth-order valence-corrected chi connectivity index (χ4v) is 5.05. The van der Waals surface area contributed by atoms with Crippen LogP contribution in [0.2, 0.25) is 5.02 Å². The molecule has 1 heterocycles. The highest BCUT2D eigenvalue weighted by atomic mass is 35.5. The third kappa shape index (κ3) is 5.77. The number of carbonyl (C=O) groups is 2. The molecule has 9 heteroatoms. The predicted octanol–water partition coefficient (Wildman–Crippen LogP) is 4.78. The van der Waals surface area contributed by atoms with E-state index in [2.05, 4.69) is 10.3 Å². The number of aromatic nitrogens is 1. The Labute approximate surface area is 198 Å². The van der Waals surface area contributed by atoms with E-state index in [4.69, 9.17) is 11.6 Å². The van der Waals surface area contributed by atoms with E-state index in [-0.39, 0.29) is 45.2 Å². The Morgan fingerprint density at radius 1 is 1.06 bits per heavy atom. The molecule has 7 nitrogen and oxygen atoms in total. The number of nitrogens with zero attached hydrogens (tertiary/aromatic N) is 2. The van der Waals surface area contributed by atoms with Gasteiger partial charge in [0.2, 0.25) is 11.7 Å². The minimum atomic E-state index is -4.00. The second-order valence-electron chi connectivity index (χ2n) is 7.86. The van der Waals surface area contributed by atoms with Crippen LogP contribution < -0.4 is 9.62 Å². The van der Waals surface area contributed by atoms with Crippen molar-refractivity contribution < 1.29 is 18.0 Å². The molecule has 0 unspecified atom stereocenters. The van der Waals surface area contributed by atoms with E-state index in [0.29, 0.717) is 5.69 Å². The van der Waals surface area contributed by atoms with E-state index in [0.717, 1.165) is 0 Å². The number of anilines is 2. The molecule has 0 fully saturated rings. The lowest BCUT2D eigenvalue weighted by Gasteiger charge is -2.27. The van der Waals surface area contributed by atoms with Crippen LogP contribution in [0.3, 0.4) is 0 Å². The van der Waals surface area contributed by atoms with Crippen molar-refractivity contribution in [2.45, 2.75) is 25.7 Å². The van der Waals surface area contributed by atoms with Crippen LogP contribution in [0.5, 0.6) is 0 Å². The zero-order chi connectivity index (χ0) is 24.2. The highest BCUT2D eigenvalue weighted by molar-refractivity contribution is 7.92. The number of nitrogens with one attached hydrogen (secondary N) is 1. The van der Waals surface area contributed by atoms with Crippen LogP contribution in [0.25, 0.3) is 0 Å².